The number of hydrogen-bond acceptors (Lipinski definition) is 3. The normalized spacial score (nSPS) is 10.7. The van der Waals surface area contributed by atoms with Crippen LogP contribution in [0.1, 0.15) is 5.56 Å². The number of nitrogens with two attached hydrogens (primary N) is 1. The first-order chi connectivity index (χ1) is 6.81. The van der Waals surface area contributed by atoms with Crippen LogP contribution < -0.4 is 5.73 Å². The van der Waals surface area contributed by atoms with E-state index in [0.29, 0.717) is 6.54 Å². The molecule has 2 aromatic rings. The standard InChI is InChI=1S/C10H13N3S/c1-13-6-8(2-4-11)10(12-13)9-3-5-14-7-9/h3,5-7H,2,4,11H2,1H3. The van der Waals surface area contributed by atoms with Gasteiger partial charge < -0.3 is 5.73 Å². The van der Waals surface area contributed by atoms with Crippen LogP contribution in [0.4, 0.5) is 0 Å². The van der Waals surface area contributed by atoms with Crippen molar-refractivity contribution in [2.24, 2.45) is 12.8 Å². The largest absolute Gasteiger partial charge is 0.330 e. The van der Waals surface area contributed by atoms with Crippen LogP contribution in [0.5, 0.6) is 0 Å². The van der Waals surface area contributed by atoms with E-state index in [1.54, 1.807) is 11.3 Å². The molecule has 0 saturated carbocycles. The lowest BCUT2D eigenvalue weighted by molar-refractivity contribution is 0.769. The Labute approximate surface area is 87.2 Å². The van der Waals surface area contributed by atoms with Crippen molar-refractivity contribution < 1.29 is 0 Å². The predicted molar refractivity (Wildman–Crippen MR) is 59.3 cm³/mol. The van der Waals surface area contributed by atoms with Crippen LogP contribution in [0.2, 0.25) is 0 Å². The van der Waals surface area contributed by atoms with E-state index < -0.39 is 0 Å². The van der Waals surface area contributed by atoms with Gasteiger partial charge >= 0.3 is 0 Å². The van der Waals surface area contributed by atoms with Gasteiger partial charge in [0.15, 0.2) is 0 Å². The van der Waals surface area contributed by atoms with E-state index in [2.05, 4.69) is 21.9 Å². The second-order valence-corrected chi connectivity index (χ2v) is 4.01. The van der Waals surface area contributed by atoms with Crippen molar-refractivity contribution in [1.82, 2.24) is 9.78 Å². The second kappa shape index (κ2) is 3.94. The average Bonchev–Trinajstić information content (AvgIpc) is 2.74. The molecule has 0 atom stereocenters. The van der Waals surface area contributed by atoms with Gasteiger partial charge in [0.25, 0.3) is 0 Å². The molecule has 74 valence electrons. The Hall–Kier alpha value is -1.13. The molecular formula is C10H13N3S. The van der Waals surface area contributed by atoms with E-state index in [0.717, 1.165) is 12.1 Å². The molecule has 0 aliphatic heterocycles. The van der Waals surface area contributed by atoms with Gasteiger partial charge in [-0.1, -0.05) is 0 Å². The molecule has 0 radical (unpaired) electrons. The summed E-state index contributed by atoms with van der Waals surface area (Å²) in [5.41, 5.74) is 9.05. The summed E-state index contributed by atoms with van der Waals surface area (Å²) in [6.45, 7) is 0.669. The van der Waals surface area contributed by atoms with Crippen molar-refractivity contribution in [3.8, 4) is 11.3 Å². The first kappa shape index (κ1) is 9.43. The highest BCUT2D eigenvalue weighted by Crippen LogP contribution is 2.24. The quantitative estimate of drug-likeness (QED) is 0.831. The van der Waals surface area contributed by atoms with Crippen LogP contribution in [-0.2, 0) is 13.5 Å². The molecule has 2 aromatic heterocycles. The van der Waals surface area contributed by atoms with E-state index in [-0.39, 0.29) is 0 Å². The van der Waals surface area contributed by atoms with Crippen molar-refractivity contribution in [2.45, 2.75) is 6.42 Å². The second-order valence-electron chi connectivity index (χ2n) is 3.23. The maximum absolute atomic E-state index is 5.56. The predicted octanol–water partition coefficient (Wildman–Crippen LogP) is 1.65. The fourth-order valence-corrected chi connectivity index (χ4v) is 2.16. The van der Waals surface area contributed by atoms with Gasteiger partial charge in [0, 0.05) is 24.2 Å². The number of hydrogen-bond donors (Lipinski definition) is 1. The lowest BCUT2D eigenvalue weighted by Gasteiger charge is -1.96. The van der Waals surface area contributed by atoms with Crippen LogP contribution in [0.15, 0.2) is 23.0 Å². The maximum atomic E-state index is 5.56. The van der Waals surface area contributed by atoms with Gasteiger partial charge in [-0.3, -0.25) is 4.68 Å². The van der Waals surface area contributed by atoms with Gasteiger partial charge in [0.1, 0.15) is 0 Å². The lowest BCUT2D eigenvalue weighted by atomic mass is 10.1. The Morgan fingerprint density at radius 1 is 1.57 bits per heavy atom. The Balaban J connectivity index is 2.41. The number of aromatic nitrogens is 2. The molecule has 2 heterocycles. The van der Waals surface area contributed by atoms with Crippen LogP contribution >= 0.6 is 11.3 Å². The number of nitrogens with zero attached hydrogens (tertiary/aromatic N) is 2. The third kappa shape index (κ3) is 1.71. The summed E-state index contributed by atoms with van der Waals surface area (Å²) >= 11 is 1.69. The van der Waals surface area contributed by atoms with Gasteiger partial charge in [0.2, 0.25) is 0 Å². The van der Waals surface area contributed by atoms with Gasteiger partial charge in [-0.2, -0.15) is 16.4 Å². The molecule has 0 aliphatic rings. The molecule has 0 aromatic carbocycles. The molecule has 0 aliphatic carbocycles. The molecule has 0 unspecified atom stereocenters. The first-order valence-corrected chi connectivity index (χ1v) is 5.50. The monoisotopic (exact) mass is 207 g/mol. The molecule has 3 nitrogen and oxygen atoms in total. The summed E-state index contributed by atoms with van der Waals surface area (Å²) in [7, 11) is 1.94. The zero-order chi connectivity index (χ0) is 9.97. The fourth-order valence-electron chi connectivity index (χ4n) is 1.52. The average molecular weight is 207 g/mol. The number of aryl methyl sites for hydroxylation is 1. The van der Waals surface area contributed by atoms with Crippen LogP contribution in [0.3, 0.4) is 0 Å². The van der Waals surface area contributed by atoms with Crippen molar-refractivity contribution >= 4 is 11.3 Å². The molecule has 14 heavy (non-hydrogen) atoms. The lowest BCUT2D eigenvalue weighted by Crippen LogP contribution is -2.02. The summed E-state index contributed by atoms with van der Waals surface area (Å²) < 4.78 is 1.85. The molecule has 2 rings (SSSR count). The Morgan fingerprint density at radius 3 is 3.07 bits per heavy atom. The molecule has 2 N–H and O–H groups in total. The number of rotatable bonds is 3. The molecule has 4 heteroatoms. The Kier molecular flexibility index (Phi) is 2.65. The van der Waals surface area contributed by atoms with Crippen molar-refractivity contribution in [1.29, 1.82) is 0 Å². The molecule has 0 saturated heterocycles. The SMILES string of the molecule is Cn1cc(CCN)c(-c2ccsc2)n1. The molecular weight excluding hydrogens is 194 g/mol. The molecule has 0 amide bonds. The van der Waals surface area contributed by atoms with E-state index in [9.17, 15) is 0 Å². The zero-order valence-corrected chi connectivity index (χ0v) is 8.92. The summed E-state index contributed by atoms with van der Waals surface area (Å²) in [6, 6.07) is 2.09. The number of thiophene rings is 1. The Morgan fingerprint density at radius 2 is 2.43 bits per heavy atom. The summed E-state index contributed by atoms with van der Waals surface area (Å²) in [6.07, 6.45) is 2.93. The van der Waals surface area contributed by atoms with E-state index in [1.807, 2.05) is 17.9 Å². The highest BCUT2D eigenvalue weighted by atomic mass is 32.1. The minimum Gasteiger partial charge on any atom is -0.330 e. The zero-order valence-electron chi connectivity index (χ0n) is 8.10. The minimum absolute atomic E-state index is 0.669. The van der Waals surface area contributed by atoms with Crippen molar-refractivity contribution in [2.75, 3.05) is 6.54 Å². The van der Waals surface area contributed by atoms with Crippen LogP contribution in [-0.4, -0.2) is 16.3 Å². The first-order valence-electron chi connectivity index (χ1n) is 4.56. The van der Waals surface area contributed by atoms with Gasteiger partial charge in [-0.05, 0) is 30.0 Å². The third-order valence-corrected chi connectivity index (χ3v) is 2.80. The minimum atomic E-state index is 0.669. The van der Waals surface area contributed by atoms with Gasteiger partial charge in [-0.25, -0.2) is 0 Å². The topological polar surface area (TPSA) is 43.8 Å². The smallest absolute Gasteiger partial charge is 0.0963 e. The molecule has 0 bridgehead atoms. The van der Waals surface area contributed by atoms with Crippen LogP contribution in [0, 0.1) is 0 Å². The molecule has 0 spiro atoms. The highest BCUT2D eigenvalue weighted by molar-refractivity contribution is 7.08. The van der Waals surface area contributed by atoms with Gasteiger partial charge in [-0.15, -0.1) is 0 Å². The van der Waals surface area contributed by atoms with Gasteiger partial charge in [0.05, 0.1) is 5.69 Å². The highest BCUT2D eigenvalue weighted by Gasteiger charge is 2.09. The summed E-state index contributed by atoms with van der Waals surface area (Å²) in [4.78, 5) is 0. The van der Waals surface area contributed by atoms with Crippen LogP contribution in [0.25, 0.3) is 11.3 Å². The maximum Gasteiger partial charge on any atom is 0.0963 e. The van der Waals surface area contributed by atoms with Crippen molar-refractivity contribution in [3.63, 3.8) is 0 Å². The van der Waals surface area contributed by atoms with E-state index in [1.165, 1.54) is 11.1 Å². The molecule has 0 fully saturated rings. The third-order valence-electron chi connectivity index (χ3n) is 2.11. The van der Waals surface area contributed by atoms with E-state index in [4.69, 9.17) is 5.73 Å². The summed E-state index contributed by atoms with van der Waals surface area (Å²) in [5, 5.41) is 8.62. The summed E-state index contributed by atoms with van der Waals surface area (Å²) in [5.74, 6) is 0. The van der Waals surface area contributed by atoms with E-state index >= 15 is 0 Å². The fraction of sp³-hybridized carbons (Fsp3) is 0.300. The Bertz CT molecular complexity index is 403. The van der Waals surface area contributed by atoms with Crippen molar-refractivity contribution in [3.05, 3.63) is 28.6 Å².